The molecule has 0 fully saturated rings. The van der Waals surface area contributed by atoms with E-state index >= 15 is 0 Å². The number of aliphatic imine (C=N–C) groups is 1. The van der Waals surface area contributed by atoms with E-state index in [0.717, 1.165) is 38.5 Å². The van der Waals surface area contributed by atoms with Crippen LogP contribution in [-0.2, 0) is 0 Å². The van der Waals surface area contributed by atoms with Crippen molar-refractivity contribution in [2.45, 2.75) is 168 Å². The standard InChI is InChI=1S/C44H62N2O4/c1-3-5-7-9-11-13-15-17-19-21-23-32-38(47)35-29-27-31-37-40(35)44(50)42(41-43(49)34-28-25-26-30-36(34)45-41)46(37)39(48)33-24-22-20-18-16-14-12-10-8-6-4-2/h25-31,50H,3-24,32-33H2,1-2H3. The fourth-order valence-corrected chi connectivity index (χ4v) is 7.39. The quantitative estimate of drug-likeness (QED) is 0.0674. The Morgan fingerprint density at radius 3 is 1.66 bits per heavy atom. The summed E-state index contributed by atoms with van der Waals surface area (Å²) in [6.45, 7) is 4.49. The molecule has 0 atom stereocenters. The first kappa shape index (κ1) is 39.2. The zero-order chi connectivity index (χ0) is 35.6. The van der Waals surface area contributed by atoms with Crippen LogP contribution in [0, 0.1) is 0 Å². The molecule has 0 amide bonds. The van der Waals surface area contributed by atoms with Crippen molar-refractivity contribution >= 4 is 39.8 Å². The van der Waals surface area contributed by atoms with Crippen LogP contribution in [0.5, 0.6) is 5.75 Å². The number of Topliss-reactive ketones (excluding diaryl/α,β-unsaturated/α-hetero) is 2. The molecular formula is C44H62N2O4. The lowest BCUT2D eigenvalue weighted by Crippen LogP contribution is -2.21. The number of aromatic hydroxyl groups is 1. The molecule has 0 unspecified atom stereocenters. The average Bonchev–Trinajstić information content (AvgIpc) is 3.62. The van der Waals surface area contributed by atoms with Gasteiger partial charge in [-0.3, -0.25) is 19.0 Å². The molecule has 2 aromatic carbocycles. The number of carbonyl (C=O) groups excluding carboxylic acids is 3. The Bertz CT molecular complexity index is 1570. The van der Waals surface area contributed by atoms with E-state index < -0.39 is 0 Å². The van der Waals surface area contributed by atoms with Crippen LogP contribution in [0.1, 0.15) is 199 Å². The first-order chi connectivity index (χ1) is 24.5. The van der Waals surface area contributed by atoms with Crippen molar-refractivity contribution < 1.29 is 19.5 Å². The minimum Gasteiger partial charge on any atom is -0.505 e. The van der Waals surface area contributed by atoms with Crippen molar-refractivity contribution in [1.82, 2.24) is 4.57 Å². The van der Waals surface area contributed by atoms with E-state index in [-0.39, 0.29) is 34.6 Å². The number of ketones is 2. The predicted octanol–water partition coefficient (Wildman–Crippen LogP) is 12.9. The maximum atomic E-state index is 14.0. The van der Waals surface area contributed by atoms with Gasteiger partial charge in [0.05, 0.1) is 16.6 Å². The van der Waals surface area contributed by atoms with Crippen LogP contribution < -0.4 is 0 Å². The van der Waals surface area contributed by atoms with Gasteiger partial charge in [0.25, 0.3) is 0 Å². The summed E-state index contributed by atoms with van der Waals surface area (Å²) in [5, 5.41) is 12.1. The third-order valence-electron chi connectivity index (χ3n) is 10.3. The highest BCUT2D eigenvalue weighted by Crippen LogP contribution is 2.39. The van der Waals surface area contributed by atoms with Crippen LogP contribution in [0.4, 0.5) is 5.69 Å². The normalized spacial score (nSPS) is 12.5. The molecular weight excluding hydrogens is 620 g/mol. The van der Waals surface area contributed by atoms with E-state index in [4.69, 9.17) is 0 Å². The summed E-state index contributed by atoms with van der Waals surface area (Å²) in [7, 11) is 0. The van der Waals surface area contributed by atoms with Gasteiger partial charge >= 0.3 is 0 Å². The van der Waals surface area contributed by atoms with Crippen LogP contribution in [0.15, 0.2) is 47.5 Å². The molecule has 0 bridgehead atoms. The topological polar surface area (TPSA) is 88.7 Å². The third kappa shape index (κ3) is 11.0. The Kier molecular flexibility index (Phi) is 17.0. The Hall–Kier alpha value is -3.54. The highest BCUT2D eigenvalue weighted by Gasteiger charge is 2.34. The van der Waals surface area contributed by atoms with Crippen molar-refractivity contribution in [3.05, 3.63) is 59.3 Å². The molecule has 1 N–H and O–H groups in total. The molecule has 0 saturated heterocycles. The third-order valence-corrected chi connectivity index (χ3v) is 10.3. The van der Waals surface area contributed by atoms with Crippen LogP contribution in [0.25, 0.3) is 10.9 Å². The lowest BCUT2D eigenvalue weighted by atomic mass is 9.99. The summed E-state index contributed by atoms with van der Waals surface area (Å²) in [6, 6.07) is 12.4. The van der Waals surface area contributed by atoms with Crippen molar-refractivity contribution in [2.75, 3.05) is 0 Å². The van der Waals surface area contributed by atoms with Gasteiger partial charge in [0.2, 0.25) is 11.7 Å². The highest BCUT2D eigenvalue weighted by atomic mass is 16.3. The fraction of sp³-hybridized carbons (Fsp3) is 0.591. The van der Waals surface area contributed by atoms with Gasteiger partial charge in [-0.15, -0.1) is 0 Å². The summed E-state index contributed by atoms with van der Waals surface area (Å²) in [4.78, 5) is 45.7. The molecule has 0 saturated carbocycles. The number of hydrogen-bond donors (Lipinski definition) is 1. The average molecular weight is 683 g/mol. The summed E-state index contributed by atoms with van der Waals surface area (Å²) < 4.78 is 1.46. The molecule has 6 nitrogen and oxygen atoms in total. The molecule has 4 rings (SSSR count). The first-order valence-corrected chi connectivity index (χ1v) is 20.1. The molecule has 1 aliphatic heterocycles. The summed E-state index contributed by atoms with van der Waals surface area (Å²) >= 11 is 0. The van der Waals surface area contributed by atoms with Gasteiger partial charge in [-0.05, 0) is 31.0 Å². The van der Waals surface area contributed by atoms with Gasteiger partial charge < -0.3 is 5.11 Å². The number of nitrogens with zero attached hydrogens (tertiary/aromatic N) is 2. The minimum atomic E-state index is -0.323. The first-order valence-electron chi connectivity index (χ1n) is 20.1. The van der Waals surface area contributed by atoms with Crippen LogP contribution in [0.3, 0.4) is 0 Å². The fourth-order valence-electron chi connectivity index (χ4n) is 7.39. The van der Waals surface area contributed by atoms with Crippen molar-refractivity contribution in [1.29, 1.82) is 0 Å². The maximum absolute atomic E-state index is 14.0. The van der Waals surface area contributed by atoms with Gasteiger partial charge in [-0.1, -0.05) is 167 Å². The lowest BCUT2D eigenvalue weighted by molar-refractivity contribution is 0.0902. The van der Waals surface area contributed by atoms with Gasteiger partial charge in [-0.2, -0.15) is 0 Å². The zero-order valence-corrected chi connectivity index (χ0v) is 31.1. The number of hydrogen-bond acceptors (Lipinski definition) is 5. The Balaban J connectivity index is 1.41. The van der Waals surface area contributed by atoms with E-state index in [0.29, 0.717) is 40.6 Å². The number of fused-ring (bicyclic) bond motifs is 2. The number of carbonyl (C=O) groups is 3. The number of unbranched alkanes of at least 4 members (excludes halogenated alkanes) is 20. The van der Waals surface area contributed by atoms with Crippen molar-refractivity contribution in [3.8, 4) is 5.75 Å². The van der Waals surface area contributed by atoms with E-state index in [9.17, 15) is 19.5 Å². The highest BCUT2D eigenvalue weighted by molar-refractivity contribution is 6.55. The van der Waals surface area contributed by atoms with Crippen molar-refractivity contribution in [2.24, 2.45) is 4.99 Å². The van der Waals surface area contributed by atoms with E-state index in [1.807, 2.05) is 6.07 Å². The van der Waals surface area contributed by atoms with Gasteiger partial charge in [0.1, 0.15) is 11.4 Å². The van der Waals surface area contributed by atoms with Crippen LogP contribution in [0.2, 0.25) is 0 Å². The van der Waals surface area contributed by atoms with Crippen LogP contribution in [-0.4, -0.2) is 32.9 Å². The predicted molar refractivity (Wildman–Crippen MR) is 208 cm³/mol. The van der Waals surface area contributed by atoms with Crippen LogP contribution >= 0.6 is 0 Å². The van der Waals surface area contributed by atoms with Crippen molar-refractivity contribution in [3.63, 3.8) is 0 Å². The van der Waals surface area contributed by atoms with E-state index in [1.165, 1.54) is 107 Å². The molecule has 1 aromatic heterocycles. The molecule has 0 radical (unpaired) electrons. The molecule has 3 aromatic rings. The number of aromatic nitrogens is 1. The second kappa shape index (κ2) is 21.6. The van der Waals surface area contributed by atoms with Gasteiger partial charge in [-0.25, -0.2) is 4.99 Å². The second-order valence-corrected chi connectivity index (χ2v) is 14.4. The lowest BCUT2D eigenvalue weighted by Gasteiger charge is -2.10. The smallest absolute Gasteiger partial charge is 0.231 e. The minimum absolute atomic E-state index is 0.0497. The van der Waals surface area contributed by atoms with Gasteiger partial charge in [0, 0.05) is 24.0 Å². The number of para-hydroxylation sites is 1. The van der Waals surface area contributed by atoms with E-state index in [2.05, 4.69) is 18.8 Å². The maximum Gasteiger partial charge on any atom is 0.231 e. The van der Waals surface area contributed by atoms with Gasteiger partial charge in [0.15, 0.2) is 11.5 Å². The largest absolute Gasteiger partial charge is 0.505 e. The Morgan fingerprint density at radius 1 is 0.620 bits per heavy atom. The number of rotatable bonds is 26. The molecule has 6 heteroatoms. The SMILES string of the molecule is CCCCCCCCCCCCCC(=O)c1cccc2c1c(O)c(C1=Nc3ccccc3C1=O)n2C(=O)CCCCCCCCCCCCC. The molecule has 0 spiro atoms. The molecule has 1 aliphatic rings. The molecule has 0 aliphatic carbocycles. The Morgan fingerprint density at radius 2 is 1.12 bits per heavy atom. The zero-order valence-electron chi connectivity index (χ0n) is 31.1. The second-order valence-electron chi connectivity index (χ2n) is 14.4. The number of benzene rings is 2. The molecule has 272 valence electrons. The summed E-state index contributed by atoms with van der Waals surface area (Å²) in [6.07, 6.45) is 27.0. The Labute approximate surface area is 301 Å². The van der Waals surface area contributed by atoms with E-state index in [1.54, 1.807) is 36.4 Å². The summed E-state index contributed by atoms with van der Waals surface area (Å²) in [5.74, 6) is -0.777. The molecule has 50 heavy (non-hydrogen) atoms. The summed E-state index contributed by atoms with van der Waals surface area (Å²) in [5.41, 5.74) is 1.98. The molecule has 2 heterocycles. The monoisotopic (exact) mass is 682 g/mol.